The lowest BCUT2D eigenvalue weighted by molar-refractivity contribution is -0.113. The van der Waals surface area contributed by atoms with Gasteiger partial charge in [-0.1, -0.05) is 53.7 Å². The Kier molecular flexibility index (Phi) is 7.21. The minimum atomic E-state index is -0.143. The van der Waals surface area contributed by atoms with Gasteiger partial charge in [0.25, 0.3) is 0 Å². The Bertz CT molecular complexity index is 1230. The summed E-state index contributed by atoms with van der Waals surface area (Å²) in [5.74, 6) is 1.44. The molecule has 0 aliphatic heterocycles. The van der Waals surface area contributed by atoms with Crippen molar-refractivity contribution in [1.82, 2.24) is 24.5 Å². The molecule has 1 N–H and O–H groups in total. The van der Waals surface area contributed by atoms with Gasteiger partial charge in [0.2, 0.25) is 5.91 Å². The molecule has 170 valence electrons. The Morgan fingerprint density at radius 2 is 1.88 bits per heavy atom. The summed E-state index contributed by atoms with van der Waals surface area (Å²) < 4.78 is 9.00. The van der Waals surface area contributed by atoms with Crippen molar-refractivity contribution in [3.63, 3.8) is 0 Å². The summed E-state index contributed by atoms with van der Waals surface area (Å²) >= 11 is 1.35. The van der Waals surface area contributed by atoms with Gasteiger partial charge in [0, 0.05) is 18.7 Å². The van der Waals surface area contributed by atoms with Crippen LogP contribution in [0.15, 0.2) is 65.8 Å². The number of aryl methyl sites for hydroxylation is 2. The van der Waals surface area contributed by atoms with Gasteiger partial charge in [-0.15, -0.1) is 10.2 Å². The highest BCUT2D eigenvalue weighted by atomic mass is 32.2. The number of thioether (sulfide) groups is 1. The number of methoxy groups -OCH3 is 1. The van der Waals surface area contributed by atoms with Crippen molar-refractivity contribution in [3.8, 4) is 17.1 Å². The highest BCUT2D eigenvalue weighted by Gasteiger charge is 2.17. The van der Waals surface area contributed by atoms with Crippen LogP contribution in [0.3, 0.4) is 0 Å². The molecule has 2 aromatic heterocycles. The number of carbonyl (C=O) groups is 1. The van der Waals surface area contributed by atoms with E-state index in [9.17, 15) is 4.79 Å². The second kappa shape index (κ2) is 10.5. The first-order chi connectivity index (χ1) is 16.0. The van der Waals surface area contributed by atoms with Crippen molar-refractivity contribution in [2.75, 3.05) is 24.8 Å². The van der Waals surface area contributed by atoms with E-state index in [0.29, 0.717) is 24.1 Å². The van der Waals surface area contributed by atoms with E-state index in [4.69, 9.17) is 4.74 Å². The number of ether oxygens (including phenoxy) is 1. The molecule has 2 aromatic carbocycles. The summed E-state index contributed by atoms with van der Waals surface area (Å²) in [6, 6.07) is 19.7. The second-order valence-electron chi connectivity index (χ2n) is 7.58. The zero-order valence-electron chi connectivity index (χ0n) is 18.9. The van der Waals surface area contributed by atoms with Gasteiger partial charge < -0.3 is 10.1 Å². The van der Waals surface area contributed by atoms with Crippen molar-refractivity contribution < 1.29 is 9.53 Å². The molecule has 0 atom stereocenters. The number of carbonyl (C=O) groups excluding carboxylic acids is 1. The molecule has 0 aliphatic rings. The average molecular weight is 463 g/mol. The number of hydrogen-bond donors (Lipinski definition) is 1. The lowest BCUT2D eigenvalue weighted by Crippen LogP contribution is -2.17. The summed E-state index contributed by atoms with van der Waals surface area (Å²) in [5, 5.41) is 16.9. The van der Waals surface area contributed by atoms with Gasteiger partial charge in [0.1, 0.15) is 5.82 Å². The van der Waals surface area contributed by atoms with Crippen LogP contribution >= 0.6 is 11.8 Å². The monoisotopic (exact) mass is 462 g/mol. The molecule has 0 bridgehead atoms. The van der Waals surface area contributed by atoms with Crippen molar-refractivity contribution >= 4 is 23.5 Å². The van der Waals surface area contributed by atoms with Crippen LogP contribution in [0.2, 0.25) is 0 Å². The maximum Gasteiger partial charge on any atom is 0.236 e. The highest BCUT2D eigenvalue weighted by molar-refractivity contribution is 7.99. The van der Waals surface area contributed by atoms with E-state index >= 15 is 0 Å². The number of rotatable bonds is 9. The smallest absolute Gasteiger partial charge is 0.236 e. The standard InChI is InChI=1S/C24H26N6O2S/c1-17-8-7-9-19(14-17)23-26-27-24(29(23)12-13-32-3)33-16-22(31)25-21-15-18(2)28-30(21)20-10-5-4-6-11-20/h4-11,14-15H,12-13,16H2,1-3H3,(H,25,31). The van der Waals surface area contributed by atoms with Crippen LogP contribution in [-0.2, 0) is 16.1 Å². The maximum atomic E-state index is 12.8. The zero-order valence-corrected chi connectivity index (χ0v) is 19.7. The number of nitrogens with zero attached hydrogens (tertiary/aromatic N) is 5. The van der Waals surface area contributed by atoms with E-state index in [1.807, 2.05) is 73.0 Å². The number of benzene rings is 2. The minimum absolute atomic E-state index is 0.143. The molecular weight excluding hydrogens is 436 g/mol. The molecule has 0 fully saturated rings. The molecule has 0 radical (unpaired) electrons. The number of para-hydroxylation sites is 1. The van der Waals surface area contributed by atoms with E-state index in [1.54, 1.807) is 11.8 Å². The summed E-state index contributed by atoms with van der Waals surface area (Å²) in [5.41, 5.74) is 3.84. The number of aromatic nitrogens is 5. The predicted molar refractivity (Wildman–Crippen MR) is 130 cm³/mol. The Balaban J connectivity index is 1.49. The molecule has 0 saturated heterocycles. The second-order valence-corrected chi connectivity index (χ2v) is 8.52. The van der Waals surface area contributed by atoms with Crippen LogP contribution < -0.4 is 5.32 Å². The molecule has 0 saturated carbocycles. The van der Waals surface area contributed by atoms with E-state index in [-0.39, 0.29) is 11.7 Å². The van der Waals surface area contributed by atoms with Crippen LogP contribution in [0.4, 0.5) is 5.82 Å². The van der Waals surface area contributed by atoms with Crippen LogP contribution in [0.5, 0.6) is 0 Å². The number of nitrogens with one attached hydrogen (secondary N) is 1. The molecule has 4 aromatic rings. The largest absolute Gasteiger partial charge is 0.383 e. The zero-order chi connectivity index (χ0) is 23.2. The minimum Gasteiger partial charge on any atom is -0.383 e. The van der Waals surface area contributed by atoms with Crippen LogP contribution in [0, 0.1) is 13.8 Å². The summed E-state index contributed by atoms with van der Waals surface area (Å²) in [6.45, 7) is 5.05. The first-order valence-corrected chi connectivity index (χ1v) is 11.6. The van der Waals surface area contributed by atoms with Gasteiger partial charge in [0.15, 0.2) is 11.0 Å². The Morgan fingerprint density at radius 1 is 1.06 bits per heavy atom. The van der Waals surface area contributed by atoms with Crippen LogP contribution in [0.1, 0.15) is 11.3 Å². The molecule has 33 heavy (non-hydrogen) atoms. The van der Waals surface area contributed by atoms with Crippen molar-refractivity contribution in [2.24, 2.45) is 0 Å². The number of anilines is 1. The lowest BCUT2D eigenvalue weighted by atomic mass is 10.1. The lowest BCUT2D eigenvalue weighted by Gasteiger charge is -2.11. The molecular formula is C24H26N6O2S. The quantitative estimate of drug-likeness (QED) is 0.377. The average Bonchev–Trinajstić information content (AvgIpc) is 3.39. The van der Waals surface area contributed by atoms with Gasteiger partial charge >= 0.3 is 0 Å². The van der Waals surface area contributed by atoms with Crippen LogP contribution in [-0.4, -0.2) is 49.9 Å². The fourth-order valence-corrected chi connectivity index (χ4v) is 4.21. The van der Waals surface area contributed by atoms with Gasteiger partial charge in [-0.2, -0.15) is 5.10 Å². The Morgan fingerprint density at radius 3 is 2.64 bits per heavy atom. The van der Waals surface area contributed by atoms with E-state index < -0.39 is 0 Å². The normalized spacial score (nSPS) is 11.0. The third-order valence-corrected chi connectivity index (χ3v) is 5.91. The third-order valence-electron chi connectivity index (χ3n) is 4.94. The summed E-state index contributed by atoms with van der Waals surface area (Å²) in [7, 11) is 1.66. The van der Waals surface area contributed by atoms with E-state index in [0.717, 1.165) is 28.3 Å². The van der Waals surface area contributed by atoms with Gasteiger partial charge in [-0.05, 0) is 32.0 Å². The molecule has 2 heterocycles. The summed E-state index contributed by atoms with van der Waals surface area (Å²) in [6.07, 6.45) is 0. The van der Waals surface area contributed by atoms with Gasteiger partial charge in [-0.3, -0.25) is 9.36 Å². The van der Waals surface area contributed by atoms with Gasteiger partial charge in [0.05, 0.1) is 30.3 Å². The fourth-order valence-electron chi connectivity index (χ4n) is 3.44. The van der Waals surface area contributed by atoms with E-state index in [2.05, 4.69) is 26.7 Å². The highest BCUT2D eigenvalue weighted by Crippen LogP contribution is 2.25. The molecule has 8 nitrogen and oxygen atoms in total. The van der Waals surface area contributed by atoms with Crippen molar-refractivity contribution in [3.05, 3.63) is 71.9 Å². The maximum absolute atomic E-state index is 12.8. The predicted octanol–water partition coefficient (Wildman–Crippen LogP) is 4.12. The van der Waals surface area contributed by atoms with Gasteiger partial charge in [-0.25, -0.2) is 4.68 Å². The van der Waals surface area contributed by atoms with E-state index in [1.165, 1.54) is 11.8 Å². The summed E-state index contributed by atoms with van der Waals surface area (Å²) in [4.78, 5) is 12.8. The Hall–Kier alpha value is -3.43. The Labute approximate surface area is 197 Å². The molecule has 0 unspecified atom stereocenters. The van der Waals surface area contributed by atoms with Crippen LogP contribution in [0.25, 0.3) is 17.1 Å². The number of amides is 1. The molecule has 4 rings (SSSR count). The molecule has 0 spiro atoms. The van der Waals surface area contributed by atoms with Crippen molar-refractivity contribution in [1.29, 1.82) is 0 Å². The van der Waals surface area contributed by atoms with Crippen molar-refractivity contribution in [2.45, 2.75) is 25.5 Å². The molecule has 9 heteroatoms. The molecule has 1 amide bonds. The molecule has 0 aliphatic carbocycles. The first-order valence-electron chi connectivity index (χ1n) is 10.6. The SMILES string of the molecule is COCCn1c(SCC(=O)Nc2cc(C)nn2-c2ccccc2)nnc1-c1cccc(C)c1. The third kappa shape index (κ3) is 5.50. The first kappa shape index (κ1) is 22.8. The fraction of sp³-hybridized carbons (Fsp3) is 0.250. The topological polar surface area (TPSA) is 86.9 Å². The number of hydrogen-bond acceptors (Lipinski definition) is 6.